The maximum atomic E-state index is 12.3. The van der Waals surface area contributed by atoms with Gasteiger partial charge in [0.1, 0.15) is 23.8 Å². The van der Waals surface area contributed by atoms with Crippen molar-refractivity contribution < 1.29 is 24.3 Å². The third kappa shape index (κ3) is 4.76. The summed E-state index contributed by atoms with van der Waals surface area (Å²) in [6.07, 6.45) is 0. The van der Waals surface area contributed by atoms with Crippen molar-refractivity contribution in [2.45, 2.75) is 4.90 Å². The molecule has 0 atom stereocenters. The summed E-state index contributed by atoms with van der Waals surface area (Å²) in [5.41, 5.74) is 2.83. The number of methoxy groups -OCH3 is 1. The van der Waals surface area contributed by atoms with Gasteiger partial charge in [0.2, 0.25) is 0 Å². The summed E-state index contributed by atoms with van der Waals surface area (Å²) < 4.78 is 10.9. The highest BCUT2D eigenvalue weighted by Crippen LogP contribution is 2.26. The normalized spacial score (nSPS) is 10.5. The molecule has 3 rings (SSSR count). The van der Waals surface area contributed by atoms with E-state index in [2.05, 4.69) is 10.3 Å². The van der Waals surface area contributed by atoms with Gasteiger partial charge in [-0.05, 0) is 54.2 Å². The molecular weight excluding hydrogens is 382 g/mol. The van der Waals surface area contributed by atoms with Gasteiger partial charge in [0.15, 0.2) is 0 Å². The minimum Gasteiger partial charge on any atom is -0.496 e. The zero-order valence-electron chi connectivity index (χ0n) is 15.0. The number of aromatic amines is 1. The van der Waals surface area contributed by atoms with E-state index in [0.29, 0.717) is 35.2 Å². The molecule has 0 spiro atoms. The van der Waals surface area contributed by atoms with Gasteiger partial charge in [-0.1, -0.05) is 6.07 Å². The van der Waals surface area contributed by atoms with E-state index in [4.69, 9.17) is 14.7 Å². The van der Waals surface area contributed by atoms with Crippen LogP contribution in [0.1, 0.15) is 10.5 Å². The van der Waals surface area contributed by atoms with E-state index in [1.165, 1.54) is 0 Å². The number of hydroxylamine groups is 1. The lowest BCUT2D eigenvalue weighted by Gasteiger charge is -2.08. The first-order chi connectivity index (χ1) is 13.6. The van der Waals surface area contributed by atoms with E-state index < -0.39 is 5.24 Å². The second kappa shape index (κ2) is 9.16. The SMILES string of the molecule is COc1cccc2[nH]c(C(=O)NCCOc3ccc(SC(=O)NO)cc3)cc12. The average molecular weight is 401 g/mol. The molecular formula is C19H19N3O5S. The molecule has 0 unspecified atom stereocenters. The number of amides is 2. The molecule has 8 nitrogen and oxygen atoms in total. The number of carbonyl (C=O) groups is 2. The Morgan fingerprint density at radius 1 is 1.18 bits per heavy atom. The van der Waals surface area contributed by atoms with Crippen molar-refractivity contribution in [2.75, 3.05) is 20.3 Å². The maximum absolute atomic E-state index is 12.3. The van der Waals surface area contributed by atoms with E-state index in [1.54, 1.807) is 42.9 Å². The molecule has 9 heteroatoms. The summed E-state index contributed by atoms with van der Waals surface area (Å²) in [6, 6.07) is 14.1. The van der Waals surface area contributed by atoms with Crippen LogP contribution in [0, 0.1) is 0 Å². The number of H-pyrrole nitrogens is 1. The summed E-state index contributed by atoms with van der Waals surface area (Å²) in [5.74, 6) is 1.08. The van der Waals surface area contributed by atoms with Crippen LogP contribution in [0.2, 0.25) is 0 Å². The van der Waals surface area contributed by atoms with Crippen molar-refractivity contribution in [1.29, 1.82) is 0 Å². The van der Waals surface area contributed by atoms with Crippen molar-refractivity contribution in [3.8, 4) is 11.5 Å². The van der Waals surface area contributed by atoms with Crippen LogP contribution < -0.4 is 20.3 Å². The molecule has 0 bridgehead atoms. The highest BCUT2D eigenvalue weighted by molar-refractivity contribution is 8.13. The minimum absolute atomic E-state index is 0.233. The predicted molar refractivity (Wildman–Crippen MR) is 105 cm³/mol. The molecule has 0 aliphatic heterocycles. The number of benzene rings is 2. The number of hydrogen-bond donors (Lipinski definition) is 4. The van der Waals surface area contributed by atoms with E-state index in [-0.39, 0.29) is 5.91 Å². The molecule has 28 heavy (non-hydrogen) atoms. The van der Waals surface area contributed by atoms with Crippen LogP contribution >= 0.6 is 11.8 Å². The van der Waals surface area contributed by atoms with Crippen LogP contribution in [0.5, 0.6) is 11.5 Å². The van der Waals surface area contributed by atoms with Crippen molar-refractivity contribution >= 4 is 33.8 Å². The number of hydrogen-bond acceptors (Lipinski definition) is 6. The van der Waals surface area contributed by atoms with E-state index >= 15 is 0 Å². The molecule has 4 N–H and O–H groups in total. The molecule has 0 saturated carbocycles. The van der Waals surface area contributed by atoms with Gasteiger partial charge in [0.05, 0.1) is 13.7 Å². The van der Waals surface area contributed by atoms with Crippen molar-refractivity contribution in [3.63, 3.8) is 0 Å². The Balaban J connectivity index is 1.48. The van der Waals surface area contributed by atoms with E-state index in [9.17, 15) is 9.59 Å². The van der Waals surface area contributed by atoms with Gasteiger partial charge in [0, 0.05) is 15.8 Å². The Kier molecular flexibility index (Phi) is 6.41. The number of ether oxygens (including phenoxy) is 2. The number of rotatable bonds is 7. The number of fused-ring (bicyclic) bond motifs is 1. The largest absolute Gasteiger partial charge is 0.496 e. The molecule has 3 aromatic rings. The van der Waals surface area contributed by atoms with Crippen molar-refractivity contribution in [1.82, 2.24) is 15.8 Å². The molecule has 2 aromatic carbocycles. The zero-order chi connectivity index (χ0) is 19.9. The highest BCUT2D eigenvalue weighted by atomic mass is 32.2. The number of aromatic nitrogens is 1. The fourth-order valence-corrected chi connectivity index (χ4v) is 3.12. The van der Waals surface area contributed by atoms with E-state index in [0.717, 1.165) is 22.7 Å². The fraction of sp³-hybridized carbons (Fsp3) is 0.158. The Bertz CT molecular complexity index is 971. The lowest BCUT2D eigenvalue weighted by atomic mass is 10.2. The van der Waals surface area contributed by atoms with E-state index in [1.807, 2.05) is 18.2 Å². The topological polar surface area (TPSA) is 113 Å². The van der Waals surface area contributed by atoms with Crippen LogP contribution in [0.4, 0.5) is 4.79 Å². The summed E-state index contributed by atoms with van der Waals surface area (Å²) in [7, 11) is 1.59. The first-order valence-corrected chi connectivity index (χ1v) is 9.21. The van der Waals surface area contributed by atoms with Gasteiger partial charge in [0.25, 0.3) is 5.91 Å². The predicted octanol–water partition coefficient (Wildman–Crippen LogP) is 3.18. The molecule has 0 fully saturated rings. The molecule has 0 saturated heterocycles. The van der Waals surface area contributed by atoms with Crippen LogP contribution in [-0.2, 0) is 0 Å². The summed E-state index contributed by atoms with van der Waals surface area (Å²) >= 11 is 0.861. The third-order valence-corrected chi connectivity index (χ3v) is 4.66. The smallest absolute Gasteiger partial charge is 0.307 e. The van der Waals surface area contributed by atoms with Crippen molar-refractivity contribution in [3.05, 3.63) is 54.2 Å². The second-order valence-corrected chi connectivity index (χ2v) is 6.73. The number of carbonyl (C=O) groups excluding carboxylic acids is 2. The molecule has 2 amide bonds. The van der Waals surface area contributed by atoms with Crippen LogP contribution in [0.3, 0.4) is 0 Å². The minimum atomic E-state index is -0.564. The summed E-state index contributed by atoms with van der Waals surface area (Å²) in [5, 5.41) is 11.6. The van der Waals surface area contributed by atoms with Gasteiger partial charge in [-0.25, -0.2) is 5.48 Å². The van der Waals surface area contributed by atoms with Crippen molar-refractivity contribution in [2.24, 2.45) is 0 Å². The molecule has 1 heterocycles. The quantitative estimate of drug-likeness (QED) is 0.209. The third-order valence-electron chi connectivity index (χ3n) is 3.87. The van der Waals surface area contributed by atoms with Gasteiger partial charge in [-0.2, -0.15) is 0 Å². The van der Waals surface area contributed by atoms with Crippen LogP contribution in [0.15, 0.2) is 53.4 Å². The maximum Gasteiger partial charge on any atom is 0.307 e. The van der Waals surface area contributed by atoms with Gasteiger partial charge in [-0.3, -0.25) is 14.8 Å². The Morgan fingerprint density at radius 2 is 1.96 bits per heavy atom. The summed E-state index contributed by atoms with van der Waals surface area (Å²) in [6.45, 7) is 0.619. The first-order valence-electron chi connectivity index (χ1n) is 8.39. The standard InChI is InChI=1S/C19H19N3O5S/c1-26-17-4-2-3-15-14(17)11-16(21-15)18(23)20-9-10-27-12-5-7-13(8-6-12)28-19(24)22-25/h2-8,11,21,25H,9-10H2,1H3,(H,20,23)(H,22,24). The monoisotopic (exact) mass is 401 g/mol. The lowest BCUT2D eigenvalue weighted by Crippen LogP contribution is -2.28. The molecule has 0 radical (unpaired) electrons. The number of thioether (sulfide) groups is 1. The lowest BCUT2D eigenvalue weighted by molar-refractivity contribution is 0.0943. The molecule has 0 aliphatic rings. The first kappa shape index (κ1) is 19.6. The van der Waals surface area contributed by atoms with Crippen LogP contribution in [0.25, 0.3) is 10.9 Å². The Morgan fingerprint density at radius 3 is 2.68 bits per heavy atom. The second-order valence-electron chi connectivity index (χ2n) is 5.68. The Hall–Kier alpha value is -3.17. The average Bonchev–Trinajstić information content (AvgIpc) is 3.16. The van der Waals surface area contributed by atoms with Gasteiger partial charge in [-0.15, -0.1) is 0 Å². The van der Waals surface area contributed by atoms with Gasteiger partial charge < -0.3 is 19.8 Å². The van der Waals surface area contributed by atoms with Crippen LogP contribution in [-0.4, -0.2) is 41.6 Å². The molecule has 0 aliphatic carbocycles. The molecule has 146 valence electrons. The Labute approximate surface area is 165 Å². The zero-order valence-corrected chi connectivity index (χ0v) is 15.8. The van der Waals surface area contributed by atoms with Gasteiger partial charge >= 0.3 is 5.24 Å². The fourth-order valence-electron chi connectivity index (χ4n) is 2.59. The highest BCUT2D eigenvalue weighted by Gasteiger charge is 2.11. The summed E-state index contributed by atoms with van der Waals surface area (Å²) in [4.78, 5) is 27.1. The number of nitrogens with one attached hydrogen (secondary N) is 3. The molecule has 1 aromatic heterocycles.